The van der Waals surface area contributed by atoms with Crippen molar-refractivity contribution in [2.45, 2.75) is 46.6 Å². The van der Waals surface area contributed by atoms with E-state index in [-0.39, 0.29) is 17.8 Å². The van der Waals surface area contributed by atoms with Gasteiger partial charge in [-0.3, -0.25) is 9.78 Å². The van der Waals surface area contributed by atoms with Crippen LogP contribution in [0.5, 0.6) is 0 Å². The molecular weight excluding hydrogens is 348 g/mol. The highest BCUT2D eigenvalue weighted by Crippen LogP contribution is 2.40. The Morgan fingerprint density at radius 3 is 2.57 bits per heavy atom. The van der Waals surface area contributed by atoms with E-state index in [4.69, 9.17) is 0 Å². The van der Waals surface area contributed by atoms with Crippen LogP contribution in [0.3, 0.4) is 0 Å². The molecular formula is C24H26N2O2. The van der Waals surface area contributed by atoms with Gasteiger partial charge in [0, 0.05) is 42.1 Å². The van der Waals surface area contributed by atoms with Crippen molar-refractivity contribution in [3.05, 3.63) is 76.2 Å². The van der Waals surface area contributed by atoms with Gasteiger partial charge >= 0.3 is 0 Å². The van der Waals surface area contributed by atoms with Crippen LogP contribution >= 0.6 is 0 Å². The van der Waals surface area contributed by atoms with E-state index < -0.39 is 0 Å². The van der Waals surface area contributed by atoms with Crippen LogP contribution in [0, 0.1) is 12.3 Å². The molecule has 0 fully saturated rings. The molecule has 1 aliphatic rings. The van der Waals surface area contributed by atoms with Crippen molar-refractivity contribution in [3.63, 3.8) is 0 Å². The molecule has 1 aromatic carbocycles. The number of benzene rings is 1. The van der Waals surface area contributed by atoms with Crippen LogP contribution in [0.4, 0.5) is 0 Å². The fourth-order valence-electron chi connectivity index (χ4n) is 4.34. The summed E-state index contributed by atoms with van der Waals surface area (Å²) >= 11 is 0. The standard InChI is InChI=1S/C24H26N2O2/c1-15-4-5-17(18(10-15)14-27)11-19-22-20(12-24(2,3)13-21(22)28)26-23(19)16-6-8-25-9-7-16/h4-10,26-27H,11-14H2,1-3H3. The number of rotatable bonds is 4. The number of ketones is 1. The van der Waals surface area contributed by atoms with E-state index in [1.807, 2.05) is 25.1 Å². The molecule has 0 radical (unpaired) electrons. The van der Waals surface area contributed by atoms with Gasteiger partial charge in [-0.25, -0.2) is 0 Å². The molecule has 0 amide bonds. The van der Waals surface area contributed by atoms with Gasteiger partial charge < -0.3 is 10.1 Å². The highest BCUT2D eigenvalue weighted by molar-refractivity contribution is 6.02. The molecule has 2 heterocycles. The van der Waals surface area contributed by atoms with E-state index in [2.05, 4.69) is 35.9 Å². The number of nitrogens with one attached hydrogen (secondary N) is 1. The maximum absolute atomic E-state index is 13.1. The van der Waals surface area contributed by atoms with Crippen molar-refractivity contribution in [2.24, 2.45) is 5.41 Å². The molecule has 0 saturated carbocycles. The van der Waals surface area contributed by atoms with Gasteiger partial charge in [0.25, 0.3) is 0 Å². The fourth-order valence-corrected chi connectivity index (χ4v) is 4.34. The largest absolute Gasteiger partial charge is 0.392 e. The topological polar surface area (TPSA) is 66.0 Å². The molecule has 4 heteroatoms. The first kappa shape index (κ1) is 18.6. The Hall–Kier alpha value is -2.72. The summed E-state index contributed by atoms with van der Waals surface area (Å²) in [5, 5.41) is 9.83. The molecule has 0 spiro atoms. The number of Topliss-reactive ketones (excluding diaryl/α,β-unsaturated/α-hetero) is 1. The number of carbonyl (C=O) groups excluding carboxylic acids is 1. The number of aryl methyl sites for hydroxylation is 1. The Bertz CT molecular complexity index is 1030. The number of aliphatic hydroxyl groups is 1. The average Bonchev–Trinajstić information content (AvgIpc) is 3.01. The van der Waals surface area contributed by atoms with Gasteiger partial charge in [-0.2, -0.15) is 0 Å². The van der Waals surface area contributed by atoms with Crippen LogP contribution in [0.2, 0.25) is 0 Å². The average molecular weight is 374 g/mol. The lowest BCUT2D eigenvalue weighted by Crippen LogP contribution is -2.27. The Labute approximate surface area is 165 Å². The quantitative estimate of drug-likeness (QED) is 0.700. The van der Waals surface area contributed by atoms with Crippen molar-refractivity contribution in [1.29, 1.82) is 0 Å². The summed E-state index contributed by atoms with van der Waals surface area (Å²) in [7, 11) is 0. The first-order valence-corrected chi connectivity index (χ1v) is 9.74. The monoisotopic (exact) mass is 374 g/mol. The number of aromatic amines is 1. The van der Waals surface area contributed by atoms with E-state index in [1.54, 1.807) is 12.4 Å². The Kier molecular flexibility index (Phi) is 4.68. The molecule has 28 heavy (non-hydrogen) atoms. The van der Waals surface area contributed by atoms with Crippen molar-refractivity contribution in [3.8, 4) is 11.3 Å². The third-order valence-corrected chi connectivity index (χ3v) is 5.62. The lowest BCUT2D eigenvalue weighted by molar-refractivity contribution is 0.0911. The lowest BCUT2D eigenvalue weighted by atomic mass is 9.75. The van der Waals surface area contributed by atoms with Gasteiger partial charge in [-0.05, 0) is 47.6 Å². The smallest absolute Gasteiger partial charge is 0.165 e. The SMILES string of the molecule is Cc1ccc(Cc2c(-c3ccncc3)[nH]c3c2C(=O)CC(C)(C)C3)c(CO)c1. The summed E-state index contributed by atoms with van der Waals surface area (Å²) in [4.78, 5) is 20.8. The molecule has 2 aromatic heterocycles. The number of carbonyl (C=O) groups is 1. The summed E-state index contributed by atoms with van der Waals surface area (Å²) in [5.41, 5.74) is 7.97. The summed E-state index contributed by atoms with van der Waals surface area (Å²) in [5.74, 6) is 0.204. The lowest BCUT2D eigenvalue weighted by Gasteiger charge is -2.28. The minimum atomic E-state index is -0.0398. The van der Waals surface area contributed by atoms with Gasteiger partial charge in [-0.1, -0.05) is 37.6 Å². The van der Waals surface area contributed by atoms with Crippen LogP contribution in [-0.2, 0) is 19.4 Å². The Balaban J connectivity index is 1.88. The van der Waals surface area contributed by atoms with Gasteiger partial charge in [0.15, 0.2) is 5.78 Å². The van der Waals surface area contributed by atoms with Crippen LogP contribution in [0.15, 0.2) is 42.7 Å². The van der Waals surface area contributed by atoms with Crippen molar-refractivity contribution < 1.29 is 9.90 Å². The predicted molar refractivity (Wildman–Crippen MR) is 110 cm³/mol. The molecule has 144 valence electrons. The summed E-state index contributed by atoms with van der Waals surface area (Å²) in [6, 6.07) is 10.1. The Morgan fingerprint density at radius 2 is 1.86 bits per heavy atom. The third kappa shape index (κ3) is 3.40. The molecule has 4 rings (SSSR count). The number of hydrogen-bond donors (Lipinski definition) is 2. The number of pyridine rings is 1. The van der Waals surface area contributed by atoms with Crippen LogP contribution in [-0.4, -0.2) is 20.9 Å². The van der Waals surface area contributed by atoms with E-state index in [1.165, 1.54) is 0 Å². The maximum atomic E-state index is 13.1. The normalized spacial score (nSPS) is 15.5. The van der Waals surface area contributed by atoms with Crippen molar-refractivity contribution in [2.75, 3.05) is 0 Å². The zero-order chi connectivity index (χ0) is 19.9. The molecule has 0 bridgehead atoms. The summed E-state index contributed by atoms with van der Waals surface area (Å²) in [6.07, 6.45) is 5.57. The highest BCUT2D eigenvalue weighted by atomic mass is 16.3. The van der Waals surface area contributed by atoms with Crippen LogP contribution in [0.1, 0.15) is 58.6 Å². The molecule has 3 aromatic rings. The number of aromatic nitrogens is 2. The first-order chi connectivity index (χ1) is 13.4. The zero-order valence-electron chi connectivity index (χ0n) is 16.7. The molecule has 0 saturated heterocycles. The second-order valence-electron chi connectivity index (χ2n) is 8.62. The Morgan fingerprint density at radius 1 is 1.11 bits per heavy atom. The molecule has 0 unspecified atom stereocenters. The number of aliphatic hydroxyl groups excluding tert-OH is 1. The molecule has 2 N–H and O–H groups in total. The third-order valence-electron chi connectivity index (χ3n) is 5.62. The molecule has 1 aliphatic carbocycles. The number of H-pyrrole nitrogens is 1. The predicted octanol–water partition coefficient (Wildman–Crippen LogP) is 4.62. The number of hydrogen-bond acceptors (Lipinski definition) is 3. The second-order valence-corrected chi connectivity index (χ2v) is 8.62. The summed E-state index contributed by atoms with van der Waals surface area (Å²) < 4.78 is 0. The number of fused-ring (bicyclic) bond motifs is 1. The minimum Gasteiger partial charge on any atom is -0.392 e. The van der Waals surface area contributed by atoms with Gasteiger partial charge in [0.2, 0.25) is 0 Å². The number of nitrogens with zero attached hydrogens (tertiary/aromatic N) is 1. The van der Waals surface area contributed by atoms with Gasteiger partial charge in [0.05, 0.1) is 12.3 Å². The van der Waals surface area contributed by atoms with Crippen molar-refractivity contribution >= 4 is 5.78 Å². The molecule has 4 nitrogen and oxygen atoms in total. The van der Waals surface area contributed by atoms with Crippen LogP contribution in [0.25, 0.3) is 11.3 Å². The van der Waals surface area contributed by atoms with Gasteiger partial charge in [-0.15, -0.1) is 0 Å². The van der Waals surface area contributed by atoms with Crippen molar-refractivity contribution in [1.82, 2.24) is 9.97 Å². The minimum absolute atomic E-state index is 0.00477. The maximum Gasteiger partial charge on any atom is 0.165 e. The van der Waals surface area contributed by atoms with Gasteiger partial charge in [0.1, 0.15) is 0 Å². The zero-order valence-corrected chi connectivity index (χ0v) is 16.7. The second kappa shape index (κ2) is 7.02. The molecule has 0 aliphatic heterocycles. The van der Waals surface area contributed by atoms with E-state index in [9.17, 15) is 9.90 Å². The molecule has 0 atom stereocenters. The highest BCUT2D eigenvalue weighted by Gasteiger charge is 2.35. The van der Waals surface area contributed by atoms with E-state index in [0.717, 1.165) is 51.2 Å². The van der Waals surface area contributed by atoms with E-state index in [0.29, 0.717) is 12.8 Å². The fraction of sp³-hybridized carbons (Fsp3) is 0.333. The summed E-state index contributed by atoms with van der Waals surface area (Å²) in [6.45, 7) is 6.30. The van der Waals surface area contributed by atoms with E-state index >= 15 is 0 Å². The van der Waals surface area contributed by atoms with Crippen LogP contribution < -0.4 is 0 Å². The first-order valence-electron chi connectivity index (χ1n) is 9.74.